The third-order valence-electron chi connectivity index (χ3n) is 6.66. The zero-order valence-electron chi connectivity index (χ0n) is 20.5. The monoisotopic (exact) mass is 513 g/mol. The number of amides is 2. The Kier molecular flexibility index (Phi) is 6.31. The van der Waals surface area contributed by atoms with Crippen LogP contribution in [0.1, 0.15) is 38.6 Å². The van der Waals surface area contributed by atoms with E-state index >= 15 is 0 Å². The van der Waals surface area contributed by atoms with Gasteiger partial charge in [0.1, 0.15) is 5.69 Å². The predicted octanol–water partition coefficient (Wildman–Crippen LogP) is 4.42. The van der Waals surface area contributed by atoms with Gasteiger partial charge in [-0.05, 0) is 49.1 Å². The normalized spacial score (nSPS) is 14.6. The second-order valence-corrected chi connectivity index (χ2v) is 10.4. The molecule has 0 unspecified atom stereocenters. The molecule has 2 aliphatic rings. The molecule has 0 saturated heterocycles. The highest BCUT2D eigenvalue weighted by molar-refractivity contribution is 7.17. The first-order chi connectivity index (χ1) is 18.1. The fraction of sp³-hybridized carbons (Fsp3) is 0.286. The fourth-order valence-electron chi connectivity index (χ4n) is 4.56. The van der Waals surface area contributed by atoms with Crippen LogP contribution >= 0.6 is 11.3 Å². The van der Waals surface area contributed by atoms with Gasteiger partial charge in [0.05, 0.1) is 35.6 Å². The Labute approximate surface area is 218 Å². The second-order valence-electron chi connectivity index (χ2n) is 9.33. The average molecular weight is 514 g/mol. The minimum Gasteiger partial charge on any atom is -0.383 e. The summed E-state index contributed by atoms with van der Waals surface area (Å²) in [5.74, 6) is -0.152. The third kappa shape index (κ3) is 4.80. The van der Waals surface area contributed by atoms with E-state index in [0.717, 1.165) is 45.0 Å². The smallest absolute Gasteiger partial charge is 0.276 e. The van der Waals surface area contributed by atoms with Gasteiger partial charge in [-0.3, -0.25) is 14.3 Å². The van der Waals surface area contributed by atoms with Crippen LogP contribution in [0.25, 0.3) is 21.7 Å². The zero-order valence-corrected chi connectivity index (χ0v) is 21.3. The van der Waals surface area contributed by atoms with E-state index in [2.05, 4.69) is 10.4 Å². The molecule has 1 aliphatic carbocycles. The quantitative estimate of drug-likeness (QED) is 0.395. The molecule has 1 aromatic carbocycles. The van der Waals surface area contributed by atoms with Gasteiger partial charge in [-0.15, -0.1) is 11.3 Å². The number of nitrogens with one attached hydrogen (secondary N) is 1. The molecule has 8 nitrogen and oxygen atoms in total. The summed E-state index contributed by atoms with van der Waals surface area (Å²) in [4.78, 5) is 34.8. The summed E-state index contributed by atoms with van der Waals surface area (Å²) < 4.78 is 6.93. The number of para-hydroxylation sites is 1. The number of pyridine rings is 1. The number of rotatable bonds is 7. The topological polar surface area (TPSA) is 89.4 Å². The van der Waals surface area contributed by atoms with Crippen molar-refractivity contribution >= 4 is 28.8 Å². The Morgan fingerprint density at radius 3 is 2.86 bits per heavy atom. The molecule has 0 radical (unpaired) electrons. The van der Waals surface area contributed by atoms with Crippen molar-refractivity contribution in [1.82, 2.24) is 20.1 Å². The lowest BCUT2D eigenvalue weighted by Crippen LogP contribution is -2.33. The molecule has 1 saturated carbocycles. The Morgan fingerprint density at radius 2 is 2.03 bits per heavy atom. The molecule has 1 fully saturated rings. The molecule has 0 spiro atoms. The van der Waals surface area contributed by atoms with E-state index in [1.165, 1.54) is 11.3 Å². The Bertz CT molecular complexity index is 1470. The first kappa shape index (κ1) is 23.6. The van der Waals surface area contributed by atoms with Gasteiger partial charge in [-0.25, -0.2) is 4.98 Å². The Balaban J connectivity index is 1.29. The molecule has 1 aliphatic heterocycles. The second kappa shape index (κ2) is 9.91. The van der Waals surface area contributed by atoms with Crippen LogP contribution in [0.4, 0.5) is 5.69 Å². The van der Waals surface area contributed by atoms with E-state index < -0.39 is 0 Å². The lowest BCUT2D eigenvalue weighted by molar-refractivity contribution is 0.0952. The first-order valence-corrected chi connectivity index (χ1v) is 13.3. The van der Waals surface area contributed by atoms with Gasteiger partial charge in [0.2, 0.25) is 0 Å². The summed E-state index contributed by atoms with van der Waals surface area (Å²) in [7, 11) is 1.66. The van der Waals surface area contributed by atoms with Crippen LogP contribution in [0, 0.1) is 0 Å². The molecular weight excluding hydrogens is 486 g/mol. The molecule has 4 heterocycles. The van der Waals surface area contributed by atoms with Crippen LogP contribution in [-0.4, -0.2) is 52.9 Å². The van der Waals surface area contributed by atoms with Crippen molar-refractivity contribution in [3.05, 3.63) is 77.1 Å². The van der Waals surface area contributed by atoms with Crippen molar-refractivity contribution in [2.45, 2.75) is 31.8 Å². The molecule has 0 atom stereocenters. The van der Waals surface area contributed by atoms with E-state index in [0.29, 0.717) is 43.5 Å². The van der Waals surface area contributed by atoms with Crippen LogP contribution in [-0.2, 0) is 17.7 Å². The molecule has 2 amide bonds. The maximum atomic E-state index is 13.8. The van der Waals surface area contributed by atoms with Crippen LogP contribution in [0.5, 0.6) is 0 Å². The predicted molar refractivity (Wildman–Crippen MR) is 143 cm³/mol. The van der Waals surface area contributed by atoms with E-state index in [1.54, 1.807) is 29.0 Å². The van der Waals surface area contributed by atoms with Crippen LogP contribution in [0.15, 0.2) is 60.9 Å². The van der Waals surface area contributed by atoms with Crippen LogP contribution in [0.2, 0.25) is 0 Å². The van der Waals surface area contributed by atoms with Crippen molar-refractivity contribution < 1.29 is 14.3 Å². The Morgan fingerprint density at radius 1 is 1.16 bits per heavy atom. The standard InChI is InChI=1S/C28H27N5O3S/c1-36-14-13-32-17-19(16-29-32)22-6-4-7-23(31-22)28(35)33-12-11-18-15-25(27(34)30-20-9-10-20)37-26(18)21-5-2-3-8-24(21)33/h2-8,15-17,20H,9-14H2,1H3,(H,30,34). The van der Waals surface area contributed by atoms with Gasteiger partial charge in [-0.1, -0.05) is 24.3 Å². The summed E-state index contributed by atoms with van der Waals surface area (Å²) in [5, 5.41) is 7.45. The van der Waals surface area contributed by atoms with Gasteiger partial charge in [0, 0.05) is 41.9 Å². The average Bonchev–Trinajstić information content (AvgIpc) is 3.48. The van der Waals surface area contributed by atoms with Gasteiger partial charge in [0.15, 0.2) is 0 Å². The number of hydrogen-bond donors (Lipinski definition) is 1. The number of nitrogens with zero attached hydrogens (tertiary/aromatic N) is 4. The number of benzene rings is 1. The number of carbonyl (C=O) groups is 2. The number of aromatic nitrogens is 3. The molecule has 0 bridgehead atoms. The van der Waals surface area contributed by atoms with Gasteiger partial charge in [0.25, 0.3) is 11.8 Å². The molecule has 6 rings (SSSR count). The van der Waals surface area contributed by atoms with E-state index in [1.807, 2.05) is 48.7 Å². The highest BCUT2D eigenvalue weighted by Gasteiger charge is 2.29. The lowest BCUT2D eigenvalue weighted by Gasteiger charge is -2.22. The largest absolute Gasteiger partial charge is 0.383 e. The summed E-state index contributed by atoms with van der Waals surface area (Å²) in [6, 6.07) is 15.7. The minimum absolute atomic E-state index is 0.00227. The van der Waals surface area contributed by atoms with Gasteiger partial charge in [-0.2, -0.15) is 5.10 Å². The number of ether oxygens (including phenoxy) is 1. The summed E-state index contributed by atoms with van der Waals surface area (Å²) in [5.41, 5.74) is 4.83. The Hall–Kier alpha value is -3.82. The van der Waals surface area contributed by atoms with Crippen molar-refractivity contribution in [1.29, 1.82) is 0 Å². The van der Waals surface area contributed by atoms with Crippen molar-refractivity contribution in [2.75, 3.05) is 25.2 Å². The number of carbonyl (C=O) groups excluding carboxylic acids is 2. The molecule has 9 heteroatoms. The van der Waals surface area contributed by atoms with Crippen molar-refractivity contribution in [2.24, 2.45) is 0 Å². The van der Waals surface area contributed by atoms with E-state index in [4.69, 9.17) is 9.72 Å². The summed E-state index contributed by atoms with van der Waals surface area (Å²) >= 11 is 1.50. The van der Waals surface area contributed by atoms with Crippen molar-refractivity contribution in [3.63, 3.8) is 0 Å². The fourth-order valence-corrected chi connectivity index (χ4v) is 5.71. The summed E-state index contributed by atoms with van der Waals surface area (Å²) in [6.45, 7) is 1.72. The maximum Gasteiger partial charge on any atom is 0.276 e. The highest BCUT2D eigenvalue weighted by Crippen LogP contribution is 2.42. The molecule has 1 N–H and O–H groups in total. The molecule has 3 aromatic heterocycles. The third-order valence-corrected chi connectivity index (χ3v) is 7.87. The van der Waals surface area contributed by atoms with Crippen LogP contribution in [0.3, 0.4) is 0 Å². The maximum absolute atomic E-state index is 13.8. The highest BCUT2D eigenvalue weighted by atomic mass is 32.1. The number of hydrogen-bond acceptors (Lipinski definition) is 6. The lowest BCUT2D eigenvalue weighted by atomic mass is 10.1. The molecular formula is C28H27N5O3S. The summed E-state index contributed by atoms with van der Waals surface area (Å²) in [6.07, 6.45) is 6.44. The van der Waals surface area contributed by atoms with Gasteiger partial charge >= 0.3 is 0 Å². The minimum atomic E-state index is -0.150. The number of fused-ring (bicyclic) bond motifs is 3. The van der Waals surface area contributed by atoms with E-state index in [-0.39, 0.29) is 11.8 Å². The van der Waals surface area contributed by atoms with Gasteiger partial charge < -0.3 is 15.0 Å². The van der Waals surface area contributed by atoms with Crippen molar-refractivity contribution in [3.8, 4) is 21.7 Å². The number of anilines is 1. The van der Waals surface area contributed by atoms with Crippen LogP contribution < -0.4 is 10.2 Å². The molecule has 4 aromatic rings. The molecule has 188 valence electrons. The van der Waals surface area contributed by atoms with E-state index in [9.17, 15) is 9.59 Å². The number of methoxy groups -OCH3 is 1. The number of thiophene rings is 1. The zero-order chi connectivity index (χ0) is 25.4. The molecule has 37 heavy (non-hydrogen) atoms. The SMILES string of the molecule is COCCn1cc(-c2cccc(C(=O)N3CCc4cc(C(=O)NC5CC5)sc4-c4ccccc43)n2)cn1. The first-order valence-electron chi connectivity index (χ1n) is 12.4.